The molecule has 2 aromatic rings. The van der Waals surface area contributed by atoms with Crippen LogP contribution in [0.3, 0.4) is 0 Å². The Morgan fingerprint density at radius 2 is 1.48 bits per heavy atom. The highest BCUT2D eigenvalue weighted by molar-refractivity contribution is 5.83. The zero-order chi connectivity index (χ0) is 16.7. The zero-order valence-corrected chi connectivity index (χ0v) is 13.6. The third kappa shape index (κ3) is 5.20. The van der Waals surface area contributed by atoms with E-state index in [9.17, 15) is 9.90 Å². The lowest BCUT2D eigenvalue weighted by Crippen LogP contribution is -2.45. The number of amides is 1. The summed E-state index contributed by atoms with van der Waals surface area (Å²) in [6.07, 6.45) is -0.811. The van der Waals surface area contributed by atoms with Gasteiger partial charge in [0.25, 0.3) is 0 Å². The quantitative estimate of drug-likeness (QED) is 0.689. The van der Waals surface area contributed by atoms with Crippen molar-refractivity contribution in [2.45, 2.75) is 32.0 Å². The number of carbonyl (C=O) groups excluding carboxylic acids is 1. The van der Waals surface area contributed by atoms with E-state index in [1.165, 1.54) is 0 Å². The van der Waals surface area contributed by atoms with E-state index in [2.05, 4.69) is 10.6 Å². The van der Waals surface area contributed by atoms with Crippen LogP contribution in [0.4, 0.5) is 0 Å². The summed E-state index contributed by atoms with van der Waals surface area (Å²) in [4.78, 5) is 12.3. The average Bonchev–Trinajstić information content (AvgIpc) is 2.60. The first-order chi connectivity index (χ1) is 11.1. The Labute approximate surface area is 137 Å². The molecule has 0 heterocycles. The van der Waals surface area contributed by atoms with Gasteiger partial charge in [0, 0.05) is 6.54 Å². The summed E-state index contributed by atoms with van der Waals surface area (Å²) < 4.78 is 0. The fourth-order valence-electron chi connectivity index (χ4n) is 2.36. The first-order valence-corrected chi connectivity index (χ1v) is 7.89. The molecule has 0 saturated heterocycles. The molecular weight excluding hydrogens is 288 g/mol. The minimum Gasteiger partial charge on any atom is -0.387 e. The lowest BCUT2D eigenvalue weighted by Gasteiger charge is -2.21. The number of nitrogens with one attached hydrogen (secondary N) is 2. The van der Waals surface area contributed by atoms with Crippen LogP contribution < -0.4 is 10.6 Å². The van der Waals surface area contributed by atoms with Crippen LogP contribution in [0.5, 0.6) is 0 Å². The third-order valence-electron chi connectivity index (χ3n) is 3.85. The SMILES string of the molecule is CC(C(=O)N[C@H](C)NC[C@H](O)c1ccccc1)c1ccccc1. The Morgan fingerprint density at radius 1 is 0.957 bits per heavy atom. The van der Waals surface area contributed by atoms with E-state index >= 15 is 0 Å². The minimum absolute atomic E-state index is 0.0367. The molecule has 3 N–H and O–H groups in total. The molecule has 23 heavy (non-hydrogen) atoms. The highest BCUT2D eigenvalue weighted by atomic mass is 16.3. The maximum atomic E-state index is 12.3. The van der Waals surface area contributed by atoms with E-state index in [-0.39, 0.29) is 18.0 Å². The summed E-state index contributed by atoms with van der Waals surface area (Å²) in [6.45, 7) is 4.13. The molecule has 0 radical (unpaired) electrons. The molecule has 0 aliphatic carbocycles. The Bertz CT molecular complexity index is 601. The van der Waals surface area contributed by atoms with Gasteiger partial charge in [-0.3, -0.25) is 10.1 Å². The highest BCUT2D eigenvalue weighted by Gasteiger charge is 2.17. The number of carbonyl (C=O) groups is 1. The first-order valence-electron chi connectivity index (χ1n) is 7.89. The van der Waals surface area contributed by atoms with Crippen LogP contribution >= 0.6 is 0 Å². The first kappa shape index (κ1) is 17.2. The molecular formula is C19H24N2O2. The Balaban J connectivity index is 1.80. The van der Waals surface area contributed by atoms with Crippen LogP contribution in [-0.2, 0) is 4.79 Å². The maximum Gasteiger partial charge on any atom is 0.228 e. The molecule has 1 unspecified atom stereocenters. The van der Waals surface area contributed by atoms with Crippen molar-refractivity contribution in [1.29, 1.82) is 0 Å². The summed E-state index contributed by atoms with van der Waals surface area (Å²) in [5.41, 5.74) is 1.85. The van der Waals surface area contributed by atoms with Gasteiger partial charge in [-0.15, -0.1) is 0 Å². The fourth-order valence-corrected chi connectivity index (χ4v) is 2.36. The van der Waals surface area contributed by atoms with Crippen molar-refractivity contribution in [2.75, 3.05) is 6.54 Å². The van der Waals surface area contributed by atoms with Gasteiger partial charge in [-0.05, 0) is 25.0 Å². The molecule has 1 amide bonds. The van der Waals surface area contributed by atoms with Gasteiger partial charge in [0.2, 0.25) is 5.91 Å². The van der Waals surface area contributed by atoms with E-state index in [4.69, 9.17) is 0 Å². The number of hydrogen-bond acceptors (Lipinski definition) is 3. The third-order valence-corrected chi connectivity index (χ3v) is 3.85. The van der Waals surface area contributed by atoms with Crippen LogP contribution in [0, 0.1) is 0 Å². The summed E-state index contributed by atoms with van der Waals surface area (Å²) in [6, 6.07) is 19.1. The van der Waals surface area contributed by atoms with Crippen molar-refractivity contribution < 1.29 is 9.90 Å². The van der Waals surface area contributed by atoms with Crippen molar-refractivity contribution in [1.82, 2.24) is 10.6 Å². The fraction of sp³-hybridized carbons (Fsp3) is 0.316. The average molecular weight is 312 g/mol. The predicted molar refractivity (Wildman–Crippen MR) is 91.9 cm³/mol. The van der Waals surface area contributed by atoms with E-state index in [0.29, 0.717) is 6.54 Å². The van der Waals surface area contributed by atoms with Crippen LogP contribution in [0.15, 0.2) is 60.7 Å². The Hall–Kier alpha value is -2.17. The predicted octanol–water partition coefficient (Wildman–Crippen LogP) is 2.58. The number of hydrogen-bond donors (Lipinski definition) is 3. The van der Waals surface area contributed by atoms with Crippen LogP contribution in [0.1, 0.15) is 37.0 Å². The van der Waals surface area contributed by atoms with Gasteiger partial charge in [0.05, 0.1) is 18.2 Å². The second-order valence-corrected chi connectivity index (χ2v) is 5.70. The van der Waals surface area contributed by atoms with Gasteiger partial charge in [-0.1, -0.05) is 60.7 Å². The minimum atomic E-state index is -0.595. The molecule has 0 fully saturated rings. The van der Waals surface area contributed by atoms with E-state index in [0.717, 1.165) is 11.1 Å². The molecule has 0 aliphatic rings. The highest BCUT2D eigenvalue weighted by Crippen LogP contribution is 2.14. The standard InChI is InChI=1S/C19H24N2O2/c1-14(16-9-5-3-6-10-16)19(23)21-15(2)20-13-18(22)17-11-7-4-8-12-17/h3-12,14-15,18,20,22H,13H2,1-2H3,(H,21,23)/t14?,15-,18+/m1/s1. The van der Waals surface area contributed by atoms with Crippen molar-refractivity contribution in [2.24, 2.45) is 0 Å². The summed E-state index contributed by atoms with van der Waals surface area (Å²) in [7, 11) is 0. The van der Waals surface area contributed by atoms with Crippen molar-refractivity contribution in [3.8, 4) is 0 Å². The second-order valence-electron chi connectivity index (χ2n) is 5.70. The van der Waals surface area contributed by atoms with Crippen LogP contribution in [0.25, 0.3) is 0 Å². The topological polar surface area (TPSA) is 61.4 Å². The molecule has 0 spiro atoms. The summed E-state index contributed by atoms with van der Waals surface area (Å²) in [5.74, 6) is -0.245. The van der Waals surface area contributed by atoms with Gasteiger partial charge >= 0.3 is 0 Å². The molecule has 4 nitrogen and oxygen atoms in total. The molecule has 122 valence electrons. The zero-order valence-electron chi connectivity index (χ0n) is 13.6. The molecule has 0 aromatic heterocycles. The second kappa shape index (κ2) is 8.46. The maximum absolute atomic E-state index is 12.3. The monoisotopic (exact) mass is 312 g/mol. The Kier molecular flexibility index (Phi) is 6.32. The van der Waals surface area contributed by atoms with Gasteiger partial charge < -0.3 is 10.4 Å². The number of rotatable bonds is 7. The van der Waals surface area contributed by atoms with E-state index in [1.807, 2.05) is 74.5 Å². The van der Waals surface area contributed by atoms with Gasteiger partial charge in [0.1, 0.15) is 0 Å². The van der Waals surface area contributed by atoms with Crippen molar-refractivity contribution >= 4 is 5.91 Å². The van der Waals surface area contributed by atoms with Crippen LogP contribution in [0.2, 0.25) is 0 Å². The molecule has 0 aliphatic heterocycles. The number of benzene rings is 2. The Morgan fingerprint density at radius 3 is 2.04 bits per heavy atom. The molecule has 4 heteroatoms. The smallest absolute Gasteiger partial charge is 0.228 e. The lowest BCUT2D eigenvalue weighted by atomic mass is 10.0. The largest absolute Gasteiger partial charge is 0.387 e. The normalized spacial score (nSPS) is 14.7. The van der Waals surface area contributed by atoms with E-state index in [1.54, 1.807) is 0 Å². The van der Waals surface area contributed by atoms with Crippen molar-refractivity contribution in [3.63, 3.8) is 0 Å². The van der Waals surface area contributed by atoms with Gasteiger partial charge in [-0.2, -0.15) is 0 Å². The van der Waals surface area contributed by atoms with Crippen molar-refractivity contribution in [3.05, 3.63) is 71.8 Å². The molecule has 2 rings (SSSR count). The van der Waals surface area contributed by atoms with E-state index < -0.39 is 6.10 Å². The molecule has 0 saturated carbocycles. The van der Waals surface area contributed by atoms with Gasteiger partial charge in [-0.25, -0.2) is 0 Å². The van der Waals surface area contributed by atoms with Crippen LogP contribution in [-0.4, -0.2) is 23.7 Å². The van der Waals surface area contributed by atoms with Gasteiger partial charge in [0.15, 0.2) is 0 Å². The number of aliphatic hydroxyl groups excluding tert-OH is 1. The molecule has 3 atom stereocenters. The number of aliphatic hydroxyl groups is 1. The molecule has 0 bridgehead atoms. The lowest BCUT2D eigenvalue weighted by molar-refractivity contribution is -0.123. The summed E-state index contributed by atoms with van der Waals surface area (Å²) >= 11 is 0. The molecule has 2 aromatic carbocycles. The summed E-state index contributed by atoms with van der Waals surface area (Å²) in [5, 5.41) is 16.2.